The summed E-state index contributed by atoms with van der Waals surface area (Å²) in [6.45, 7) is 8.85. The van der Waals surface area contributed by atoms with Gasteiger partial charge in [0.05, 0.1) is 24.2 Å². The first-order valence-corrected chi connectivity index (χ1v) is 8.55. The van der Waals surface area contributed by atoms with E-state index in [-0.39, 0.29) is 42.1 Å². The molecule has 0 aliphatic carbocycles. The molecule has 0 bridgehead atoms. The molecular weight excluding hydrogens is 266 g/mol. The third-order valence-electron chi connectivity index (χ3n) is 5.30. The number of carbonyl (C=O) groups excluding carboxylic acids is 1. The third-order valence-corrected chi connectivity index (χ3v) is 5.30. The van der Waals surface area contributed by atoms with Crippen LogP contribution in [-0.2, 0) is 9.53 Å². The molecular formula is C17H31NO3. The van der Waals surface area contributed by atoms with E-state index in [4.69, 9.17) is 4.74 Å². The average molecular weight is 297 g/mol. The number of aliphatic hydroxyl groups excluding tert-OH is 1. The van der Waals surface area contributed by atoms with Gasteiger partial charge in [0.25, 0.3) is 0 Å². The van der Waals surface area contributed by atoms with Crippen molar-refractivity contribution in [3.05, 3.63) is 0 Å². The summed E-state index contributed by atoms with van der Waals surface area (Å²) in [6, 6.07) is 0.190. The van der Waals surface area contributed by atoms with E-state index in [9.17, 15) is 9.90 Å². The SMILES string of the molecule is CC(O)CC1CCCCCN1C(=O)C1C(C)OC(C)C1C. The third kappa shape index (κ3) is 3.78. The molecule has 0 radical (unpaired) electrons. The molecule has 2 heterocycles. The van der Waals surface area contributed by atoms with Crippen LogP contribution in [0, 0.1) is 11.8 Å². The van der Waals surface area contributed by atoms with Crippen LogP contribution in [-0.4, -0.2) is 46.8 Å². The van der Waals surface area contributed by atoms with E-state index in [1.807, 2.05) is 13.8 Å². The van der Waals surface area contributed by atoms with Crippen molar-refractivity contribution in [2.45, 2.75) is 84.2 Å². The Morgan fingerprint density at radius 1 is 1.24 bits per heavy atom. The van der Waals surface area contributed by atoms with Crippen LogP contribution in [0.5, 0.6) is 0 Å². The molecule has 1 N–H and O–H groups in total. The number of amides is 1. The molecule has 4 heteroatoms. The highest BCUT2D eigenvalue weighted by Gasteiger charge is 2.44. The molecule has 0 aromatic carbocycles. The van der Waals surface area contributed by atoms with Crippen LogP contribution in [0.25, 0.3) is 0 Å². The fraction of sp³-hybridized carbons (Fsp3) is 0.941. The largest absolute Gasteiger partial charge is 0.393 e. The van der Waals surface area contributed by atoms with Gasteiger partial charge in [0.2, 0.25) is 5.91 Å². The summed E-state index contributed by atoms with van der Waals surface area (Å²) in [7, 11) is 0. The Bertz CT molecular complexity index is 358. The standard InChI is InChI=1S/C17H31NO3/c1-11(19)10-15-8-6-5-7-9-18(15)17(20)16-12(2)13(3)21-14(16)4/h11-16,19H,5-10H2,1-4H3. The van der Waals surface area contributed by atoms with E-state index in [1.54, 1.807) is 0 Å². The van der Waals surface area contributed by atoms with E-state index < -0.39 is 0 Å². The molecule has 2 fully saturated rings. The number of likely N-dealkylation sites (tertiary alicyclic amines) is 1. The van der Waals surface area contributed by atoms with Gasteiger partial charge in [0, 0.05) is 12.6 Å². The fourth-order valence-corrected chi connectivity index (χ4v) is 3.99. The molecule has 2 saturated heterocycles. The normalized spacial score (nSPS) is 39.1. The summed E-state index contributed by atoms with van der Waals surface area (Å²) in [4.78, 5) is 15.1. The molecule has 21 heavy (non-hydrogen) atoms. The second kappa shape index (κ2) is 7.10. The van der Waals surface area contributed by atoms with E-state index in [0.717, 1.165) is 25.8 Å². The summed E-state index contributed by atoms with van der Waals surface area (Å²) in [6.07, 6.45) is 4.92. The van der Waals surface area contributed by atoms with Gasteiger partial charge >= 0.3 is 0 Å². The van der Waals surface area contributed by atoms with E-state index in [0.29, 0.717) is 6.42 Å². The Morgan fingerprint density at radius 3 is 2.52 bits per heavy atom. The molecule has 2 aliphatic heterocycles. The molecule has 2 aliphatic rings. The zero-order valence-electron chi connectivity index (χ0n) is 13.9. The molecule has 1 amide bonds. The lowest BCUT2D eigenvalue weighted by atomic mass is 9.87. The summed E-state index contributed by atoms with van der Waals surface area (Å²) in [5.74, 6) is 0.476. The minimum Gasteiger partial charge on any atom is -0.393 e. The minimum atomic E-state index is -0.350. The Labute approximate surface area is 128 Å². The maximum absolute atomic E-state index is 13.1. The number of hydrogen-bond acceptors (Lipinski definition) is 3. The lowest BCUT2D eigenvalue weighted by Gasteiger charge is -2.34. The van der Waals surface area contributed by atoms with Gasteiger partial charge in [-0.1, -0.05) is 19.8 Å². The quantitative estimate of drug-likeness (QED) is 0.871. The van der Waals surface area contributed by atoms with Gasteiger partial charge in [-0.2, -0.15) is 0 Å². The molecule has 0 aromatic heterocycles. The van der Waals surface area contributed by atoms with Crippen LogP contribution in [0.2, 0.25) is 0 Å². The molecule has 0 aromatic rings. The van der Waals surface area contributed by atoms with Crippen molar-refractivity contribution in [1.29, 1.82) is 0 Å². The lowest BCUT2D eigenvalue weighted by molar-refractivity contribution is -0.140. The Hall–Kier alpha value is -0.610. The van der Waals surface area contributed by atoms with Crippen molar-refractivity contribution in [2.24, 2.45) is 11.8 Å². The zero-order chi connectivity index (χ0) is 15.6. The highest BCUT2D eigenvalue weighted by atomic mass is 16.5. The monoisotopic (exact) mass is 297 g/mol. The van der Waals surface area contributed by atoms with E-state index in [2.05, 4.69) is 18.7 Å². The van der Waals surface area contributed by atoms with Crippen molar-refractivity contribution in [3.63, 3.8) is 0 Å². The topological polar surface area (TPSA) is 49.8 Å². The zero-order valence-corrected chi connectivity index (χ0v) is 13.9. The predicted molar refractivity (Wildman–Crippen MR) is 82.9 cm³/mol. The molecule has 6 atom stereocenters. The molecule has 122 valence electrons. The predicted octanol–water partition coefficient (Wildman–Crippen LogP) is 2.59. The van der Waals surface area contributed by atoms with Crippen molar-refractivity contribution in [3.8, 4) is 0 Å². The Balaban J connectivity index is 2.13. The van der Waals surface area contributed by atoms with Crippen molar-refractivity contribution >= 4 is 5.91 Å². The van der Waals surface area contributed by atoms with Crippen LogP contribution in [0.15, 0.2) is 0 Å². The first-order valence-electron chi connectivity index (χ1n) is 8.55. The second-order valence-corrected chi connectivity index (χ2v) is 7.05. The highest BCUT2D eigenvalue weighted by molar-refractivity contribution is 5.80. The first kappa shape index (κ1) is 16.8. The van der Waals surface area contributed by atoms with Crippen molar-refractivity contribution < 1.29 is 14.6 Å². The van der Waals surface area contributed by atoms with Gasteiger partial charge in [-0.05, 0) is 46.0 Å². The van der Waals surface area contributed by atoms with Gasteiger partial charge in [0.1, 0.15) is 0 Å². The molecule has 6 unspecified atom stereocenters. The van der Waals surface area contributed by atoms with Crippen LogP contribution < -0.4 is 0 Å². The van der Waals surface area contributed by atoms with Gasteiger partial charge in [-0.15, -0.1) is 0 Å². The Kier molecular flexibility index (Phi) is 5.67. The number of carbonyl (C=O) groups is 1. The smallest absolute Gasteiger partial charge is 0.228 e. The highest BCUT2D eigenvalue weighted by Crippen LogP contribution is 2.35. The van der Waals surface area contributed by atoms with Gasteiger partial charge in [-0.3, -0.25) is 4.79 Å². The number of hydrogen-bond donors (Lipinski definition) is 1. The van der Waals surface area contributed by atoms with Crippen LogP contribution in [0.3, 0.4) is 0 Å². The van der Waals surface area contributed by atoms with Gasteiger partial charge < -0.3 is 14.7 Å². The van der Waals surface area contributed by atoms with E-state index in [1.165, 1.54) is 6.42 Å². The Morgan fingerprint density at radius 2 is 1.95 bits per heavy atom. The summed E-state index contributed by atoms with van der Waals surface area (Å²) >= 11 is 0. The van der Waals surface area contributed by atoms with Crippen LogP contribution in [0.1, 0.15) is 59.8 Å². The number of rotatable bonds is 3. The van der Waals surface area contributed by atoms with Gasteiger partial charge in [-0.25, -0.2) is 0 Å². The van der Waals surface area contributed by atoms with Crippen LogP contribution in [0.4, 0.5) is 0 Å². The molecule has 2 rings (SSSR count). The minimum absolute atomic E-state index is 0.00190. The summed E-state index contributed by atoms with van der Waals surface area (Å²) in [5.41, 5.74) is 0. The van der Waals surface area contributed by atoms with Crippen LogP contribution >= 0.6 is 0 Å². The maximum atomic E-state index is 13.1. The fourth-order valence-electron chi connectivity index (χ4n) is 3.99. The van der Waals surface area contributed by atoms with Gasteiger partial charge in [0.15, 0.2) is 0 Å². The van der Waals surface area contributed by atoms with Crippen molar-refractivity contribution in [2.75, 3.05) is 6.54 Å². The second-order valence-electron chi connectivity index (χ2n) is 7.05. The molecule has 4 nitrogen and oxygen atoms in total. The summed E-state index contributed by atoms with van der Waals surface area (Å²) in [5, 5.41) is 9.74. The number of aliphatic hydroxyl groups is 1. The number of nitrogens with zero attached hydrogens (tertiary/aromatic N) is 1. The molecule has 0 saturated carbocycles. The van der Waals surface area contributed by atoms with Crippen molar-refractivity contribution in [1.82, 2.24) is 4.90 Å². The molecule has 0 spiro atoms. The first-order chi connectivity index (χ1) is 9.91. The average Bonchev–Trinajstić information content (AvgIpc) is 2.57. The summed E-state index contributed by atoms with van der Waals surface area (Å²) < 4.78 is 5.85. The lowest BCUT2D eigenvalue weighted by Crippen LogP contribution is -2.47. The maximum Gasteiger partial charge on any atom is 0.228 e. The number of ether oxygens (including phenoxy) is 1. The van der Waals surface area contributed by atoms with E-state index >= 15 is 0 Å².